The number of hydrogen-bond acceptors (Lipinski definition) is 4. The Bertz CT molecular complexity index is 786. The zero-order valence-electron chi connectivity index (χ0n) is 13.2. The molecule has 0 bridgehead atoms. The Balaban J connectivity index is 2.03. The van der Waals surface area contributed by atoms with E-state index in [0.717, 1.165) is 10.8 Å². The third-order valence-corrected chi connectivity index (χ3v) is 6.57. The van der Waals surface area contributed by atoms with E-state index in [1.807, 2.05) is 30.3 Å². The highest BCUT2D eigenvalue weighted by atomic mass is 32.2. The number of benzene rings is 2. The van der Waals surface area contributed by atoms with Gasteiger partial charge in [0.2, 0.25) is 10.0 Å². The van der Waals surface area contributed by atoms with Crippen LogP contribution in [0.5, 0.6) is 0 Å². The van der Waals surface area contributed by atoms with Gasteiger partial charge < -0.3 is 10.5 Å². The Morgan fingerprint density at radius 2 is 1.96 bits per heavy atom. The van der Waals surface area contributed by atoms with Crippen LogP contribution in [0.4, 0.5) is 0 Å². The molecule has 1 aliphatic rings. The van der Waals surface area contributed by atoms with Crippen LogP contribution in [0.1, 0.15) is 12.8 Å². The molecule has 23 heavy (non-hydrogen) atoms. The topological polar surface area (TPSA) is 72.6 Å². The van der Waals surface area contributed by atoms with Gasteiger partial charge in [-0.05, 0) is 24.3 Å². The number of fused-ring (bicyclic) bond motifs is 1. The van der Waals surface area contributed by atoms with Crippen molar-refractivity contribution in [3.63, 3.8) is 0 Å². The highest BCUT2D eigenvalue weighted by Crippen LogP contribution is 2.30. The minimum absolute atomic E-state index is 0.0718. The zero-order chi connectivity index (χ0) is 16.4. The number of sulfonamides is 1. The minimum atomic E-state index is -3.58. The lowest BCUT2D eigenvalue weighted by molar-refractivity contribution is 0.0402. The minimum Gasteiger partial charge on any atom is -0.381 e. The molecule has 2 atom stereocenters. The fourth-order valence-corrected chi connectivity index (χ4v) is 5.16. The zero-order valence-corrected chi connectivity index (χ0v) is 14.0. The van der Waals surface area contributed by atoms with Crippen LogP contribution in [0.25, 0.3) is 10.8 Å². The number of nitrogens with two attached hydrogens (primary N) is 1. The summed E-state index contributed by atoms with van der Waals surface area (Å²) in [7, 11) is -1.92. The Labute approximate surface area is 137 Å². The van der Waals surface area contributed by atoms with E-state index >= 15 is 0 Å². The van der Waals surface area contributed by atoms with Crippen molar-refractivity contribution in [3.05, 3.63) is 42.5 Å². The van der Waals surface area contributed by atoms with Crippen LogP contribution >= 0.6 is 0 Å². The van der Waals surface area contributed by atoms with Gasteiger partial charge in [-0.25, -0.2) is 8.42 Å². The van der Waals surface area contributed by atoms with Gasteiger partial charge in [0.15, 0.2) is 0 Å². The van der Waals surface area contributed by atoms with E-state index in [0.29, 0.717) is 30.8 Å². The highest BCUT2D eigenvalue weighted by Gasteiger charge is 2.36. The molecule has 0 aliphatic carbocycles. The van der Waals surface area contributed by atoms with E-state index in [9.17, 15) is 8.42 Å². The standard InChI is InChI=1S/C17H22N2O3S/c1-22-15-9-10-19(14(11-15)12-18)23(20,21)17-8-4-6-13-5-2-3-7-16(13)17/h2-8,14-15H,9-12,18H2,1H3. The fourth-order valence-electron chi connectivity index (χ4n) is 3.28. The predicted molar refractivity (Wildman–Crippen MR) is 90.7 cm³/mol. The summed E-state index contributed by atoms with van der Waals surface area (Å²) in [6.07, 6.45) is 1.40. The summed E-state index contributed by atoms with van der Waals surface area (Å²) >= 11 is 0. The molecule has 2 aromatic rings. The molecular formula is C17H22N2O3S. The average molecular weight is 334 g/mol. The fraction of sp³-hybridized carbons (Fsp3) is 0.412. The van der Waals surface area contributed by atoms with Crippen LogP contribution in [0.3, 0.4) is 0 Å². The SMILES string of the molecule is COC1CCN(S(=O)(=O)c2cccc3ccccc23)C(CN)C1. The third kappa shape index (κ3) is 2.99. The van der Waals surface area contributed by atoms with Crippen molar-refractivity contribution in [1.82, 2.24) is 4.31 Å². The Hall–Kier alpha value is -1.47. The summed E-state index contributed by atoms with van der Waals surface area (Å²) in [5, 5.41) is 1.67. The maximum Gasteiger partial charge on any atom is 0.243 e. The maximum absolute atomic E-state index is 13.2. The van der Waals surface area contributed by atoms with E-state index in [1.165, 1.54) is 0 Å². The summed E-state index contributed by atoms with van der Waals surface area (Å²) in [6.45, 7) is 0.732. The Kier molecular flexibility index (Phi) is 4.68. The van der Waals surface area contributed by atoms with E-state index < -0.39 is 10.0 Å². The normalized spacial score (nSPS) is 23.2. The second kappa shape index (κ2) is 6.57. The molecule has 0 radical (unpaired) electrons. The number of nitrogens with zero attached hydrogens (tertiary/aromatic N) is 1. The molecule has 0 aromatic heterocycles. The van der Waals surface area contributed by atoms with Gasteiger partial charge in [-0.2, -0.15) is 4.31 Å². The van der Waals surface area contributed by atoms with Gasteiger partial charge in [0, 0.05) is 31.6 Å². The largest absolute Gasteiger partial charge is 0.381 e. The molecule has 6 heteroatoms. The van der Waals surface area contributed by atoms with Crippen LogP contribution in [0.15, 0.2) is 47.4 Å². The summed E-state index contributed by atoms with van der Waals surface area (Å²) < 4.78 is 33.3. The second-order valence-corrected chi connectivity index (χ2v) is 7.72. The lowest BCUT2D eigenvalue weighted by Gasteiger charge is -2.37. The lowest BCUT2D eigenvalue weighted by Crippen LogP contribution is -2.51. The van der Waals surface area contributed by atoms with Crippen molar-refractivity contribution in [2.75, 3.05) is 20.2 Å². The molecule has 0 saturated carbocycles. The summed E-state index contributed by atoms with van der Waals surface area (Å²) in [5.74, 6) is 0. The van der Waals surface area contributed by atoms with Crippen molar-refractivity contribution < 1.29 is 13.2 Å². The smallest absolute Gasteiger partial charge is 0.243 e. The highest BCUT2D eigenvalue weighted by molar-refractivity contribution is 7.89. The van der Waals surface area contributed by atoms with Gasteiger partial charge in [-0.15, -0.1) is 0 Å². The van der Waals surface area contributed by atoms with Crippen molar-refractivity contribution in [2.24, 2.45) is 5.73 Å². The Morgan fingerprint density at radius 3 is 2.70 bits per heavy atom. The number of rotatable bonds is 4. The molecule has 3 rings (SSSR count). The summed E-state index contributed by atoms with van der Waals surface area (Å²) in [4.78, 5) is 0.352. The lowest BCUT2D eigenvalue weighted by atomic mass is 10.0. The predicted octanol–water partition coefficient (Wildman–Crippen LogP) is 1.97. The first-order valence-electron chi connectivity index (χ1n) is 7.80. The van der Waals surface area contributed by atoms with Crippen LogP contribution in [0.2, 0.25) is 0 Å². The third-order valence-electron chi connectivity index (χ3n) is 4.56. The molecule has 1 heterocycles. The maximum atomic E-state index is 13.2. The molecule has 0 amide bonds. The molecule has 2 aromatic carbocycles. The first kappa shape index (κ1) is 16.4. The molecule has 1 fully saturated rings. The molecule has 124 valence electrons. The van der Waals surface area contributed by atoms with Gasteiger partial charge >= 0.3 is 0 Å². The number of methoxy groups -OCH3 is 1. The van der Waals surface area contributed by atoms with E-state index in [4.69, 9.17) is 10.5 Å². The van der Waals surface area contributed by atoms with E-state index in [1.54, 1.807) is 23.5 Å². The molecule has 0 spiro atoms. The van der Waals surface area contributed by atoms with E-state index in [2.05, 4.69) is 0 Å². The quantitative estimate of drug-likeness (QED) is 0.928. The van der Waals surface area contributed by atoms with Gasteiger partial charge in [-0.3, -0.25) is 0 Å². The molecule has 5 nitrogen and oxygen atoms in total. The Morgan fingerprint density at radius 1 is 1.22 bits per heavy atom. The van der Waals surface area contributed by atoms with Crippen LogP contribution in [-0.4, -0.2) is 45.1 Å². The van der Waals surface area contributed by atoms with Crippen LogP contribution < -0.4 is 5.73 Å². The second-order valence-electron chi connectivity index (χ2n) is 5.86. The van der Waals surface area contributed by atoms with Crippen molar-refractivity contribution in [3.8, 4) is 0 Å². The molecular weight excluding hydrogens is 312 g/mol. The average Bonchev–Trinajstić information content (AvgIpc) is 2.60. The van der Waals surface area contributed by atoms with Crippen LogP contribution in [-0.2, 0) is 14.8 Å². The number of ether oxygens (including phenoxy) is 1. The van der Waals surface area contributed by atoms with Crippen molar-refractivity contribution >= 4 is 20.8 Å². The van der Waals surface area contributed by atoms with E-state index in [-0.39, 0.29) is 12.1 Å². The monoisotopic (exact) mass is 334 g/mol. The molecule has 1 saturated heterocycles. The van der Waals surface area contributed by atoms with Crippen molar-refractivity contribution in [2.45, 2.75) is 29.9 Å². The molecule has 1 aliphatic heterocycles. The van der Waals surface area contributed by atoms with Gasteiger partial charge in [0.25, 0.3) is 0 Å². The number of hydrogen-bond donors (Lipinski definition) is 1. The first-order valence-corrected chi connectivity index (χ1v) is 9.24. The first-order chi connectivity index (χ1) is 11.1. The number of piperidine rings is 1. The van der Waals surface area contributed by atoms with Crippen LogP contribution in [0, 0.1) is 0 Å². The van der Waals surface area contributed by atoms with Gasteiger partial charge in [0.1, 0.15) is 0 Å². The summed E-state index contributed by atoms with van der Waals surface area (Å²) in [5.41, 5.74) is 5.84. The molecule has 2 unspecified atom stereocenters. The van der Waals surface area contributed by atoms with Crippen molar-refractivity contribution in [1.29, 1.82) is 0 Å². The van der Waals surface area contributed by atoms with Gasteiger partial charge in [-0.1, -0.05) is 36.4 Å². The summed E-state index contributed by atoms with van der Waals surface area (Å²) in [6, 6.07) is 12.7. The molecule has 2 N–H and O–H groups in total. The van der Waals surface area contributed by atoms with Gasteiger partial charge in [0.05, 0.1) is 11.0 Å².